The molecule has 0 N–H and O–H groups in total. The summed E-state index contributed by atoms with van der Waals surface area (Å²) in [6.45, 7) is 4.91. The highest BCUT2D eigenvalue weighted by Crippen LogP contribution is 2.32. The van der Waals surface area contributed by atoms with Crippen molar-refractivity contribution in [3.8, 4) is 17.1 Å². The number of rotatable bonds is 8. The molecule has 0 aliphatic carbocycles. The Morgan fingerprint density at radius 1 is 1.15 bits per heavy atom. The van der Waals surface area contributed by atoms with Crippen LogP contribution in [-0.4, -0.2) is 54.1 Å². The fourth-order valence-corrected chi connectivity index (χ4v) is 4.87. The predicted molar refractivity (Wildman–Crippen MR) is 121 cm³/mol. The van der Waals surface area contributed by atoms with Gasteiger partial charge in [-0.15, -0.1) is 0 Å². The van der Waals surface area contributed by atoms with E-state index in [0.717, 1.165) is 11.6 Å². The Morgan fingerprint density at radius 3 is 2.50 bits per heavy atom. The number of benzene rings is 2. The Morgan fingerprint density at radius 2 is 1.85 bits per heavy atom. The van der Waals surface area contributed by atoms with Crippen LogP contribution in [0.5, 0.6) is 5.75 Å². The van der Waals surface area contributed by atoms with E-state index >= 15 is 0 Å². The Labute approximate surface area is 196 Å². The van der Waals surface area contributed by atoms with Gasteiger partial charge in [0.15, 0.2) is 12.4 Å². The van der Waals surface area contributed by atoms with Crippen molar-refractivity contribution >= 4 is 15.7 Å². The molecule has 0 saturated carbocycles. The van der Waals surface area contributed by atoms with Crippen molar-refractivity contribution < 1.29 is 27.3 Å². The highest BCUT2D eigenvalue weighted by molar-refractivity contribution is 7.89. The number of nitrogens with zero attached hydrogens (tertiary/aromatic N) is 4. The number of hydrogen-bond donors (Lipinski definition) is 0. The van der Waals surface area contributed by atoms with Crippen molar-refractivity contribution in [2.75, 3.05) is 26.3 Å². The number of hydrogen-bond acceptors (Lipinski definition) is 9. The molecule has 0 bridgehead atoms. The van der Waals surface area contributed by atoms with Crippen molar-refractivity contribution in [2.45, 2.75) is 31.3 Å². The van der Waals surface area contributed by atoms with Crippen molar-refractivity contribution in [2.24, 2.45) is 0 Å². The smallest absolute Gasteiger partial charge is 0.312 e. The Kier molecular flexibility index (Phi) is 6.91. The molecule has 4 rings (SSSR count). The molecular weight excluding hydrogens is 464 g/mol. The molecule has 1 saturated heterocycles. The minimum absolute atomic E-state index is 0.105. The lowest BCUT2D eigenvalue weighted by Crippen LogP contribution is -2.40. The second-order valence-corrected chi connectivity index (χ2v) is 9.92. The van der Waals surface area contributed by atoms with Crippen molar-refractivity contribution in [1.82, 2.24) is 14.4 Å². The molecule has 1 aliphatic heterocycles. The summed E-state index contributed by atoms with van der Waals surface area (Å²) in [5.74, 6) is 0.791. The number of sulfonamides is 1. The van der Waals surface area contributed by atoms with Crippen LogP contribution in [0.3, 0.4) is 0 Å². The molecule has 0 spiro atoms. The summed E-state index contributed by atoms with van der Waals surface area (Å²) in [5.41, 5.74) is 1.48. The molecule has 2 aromatic carbocycles. The zero-order valence-electron chi connectivity index (χ0n) is 18.7. The topological polar surface area (TPSA) is 138 Å². The van der Waals surface area contributed by atoms with E-state index in [0.29, 0.717) is 11.7 Å². The number of ether oxygens (including phenoxy) is 2. The molecular formula is C22H24N4O7S. The van der Waals surface area contributed by atoms with Crippen LogP contribution in [-0.2, 0) is 21.4 Å². The molecule has 0 amide bonds. The minimum Gasteiger partial charge on any atom is -0.477 e. The molecule has 3 aromatic rings. The lowest BCUT2D eigenvalue weighted by Gasteiger charge is -2.26. The quantitative estimate of drug-likeness (QED) is 0.345. The summed E-state index contributed by atoms with van der Waals surface area (Å²) in [4.78, 5) is 15.0. The van der Waals surface area contributed by atoms with E-state index in [1.165, 1.54) is 22.0 Å². The molecule has 1 aromatic heterocycles. The first-order chi connectivity index (χ1) is 16.3. The van der Waals surface area contributed by atoms with Crippen LogP contribution in [0.1, 0.15) is 31.2 Å². The second-order valence-electron chi connectivity index (χ2n) is 7.98. The van der Waals surface area contributed by atoms with Gasteiger partial charge in [-0.05, 0) is 23.6 Å². The van der Waals surface area contributed by atoms with E-state index < -0.39 is 20.6 Å². The fraction of sp³-hybridized carbons (Fsp3) is 0.364. The van der Waals surface area contributed by atoms with Gasteiger partial charge >= 0.3 is 5.69 Å². The van der Waals surface area contributed by atoms with Gasteiger partial charge in [-0.25, -0.2) is 8.42 Å². The van der Waals surface area contributed by atoms with Gasteiger partial charge < -0.3 is 14.0 Å². The highest BCUT2D eigenvalue weighted by atomic mass is 32.2. The molecule has 12 heteroatoms. The standard InChI is InChI=1S/C22H24N4O7S/c1-15(2)16-3-5-17(6-4-16)22-23-21(33-24-22)14-32-20-8-7-18(13-19(20)26(27)28)34(29,30)25-9-11-31-12-10-25/h3-8,13,15H,9-12,14H2,1-2H3. The monoisotopic (exact) mass is 488 g/mol. The van der Waals surface area contributed by atoms with Gasteiger partial charge in [0.05, 0.1) is 23.0 Å². The van der Waals surface area contributed by atoms with Gasteiger partial charge in [-0.1, -0.05) is 43.3 Å². The Bertz CT molecular complexity index is 1270. The SMILES string of the molecule is CC(C)c1ccc(-c2noc(COc3ccc(S(=O)(=O)N4CCOCC4)cc3[N+](=O)[O-])n2)cc1. The van der Waals surface area contributed by atoms with E-state index in [-0.39, 0.29) is 49.4 Å². The van der Waals surface area contributed by atoms with Crippen molar-refractivity contribution in [3.05, 3.63) is 64.0 Å². The average molecular weight is 489 g/mol. The second kappa shape index (κ2) is 9.87. The van der Waals surface area contributed by atoms with Crippen LogP contribution < -0.4 is 4.74 Å². The van der Waals surface area contributed by atoms with Gasteiger partial charge in [0.1, 0.15) is 0 Å². The maximum absolute atomic E-state index is 12.8. The summed E-state index contributed by atoms with van der Waals surface area (Å²) >= 11 is 0. The number of aromatic nitrogens is 2. The third-order valence-corrected chi connectivity index (χ3v) is 7.28. The van der Waals surface area contributed by atoms with Gasteiger partial charge in [-0.3, -0.25) is 10.1 Å². The van der Waals surface area contributed by atoms with E-state index in [1.807, 2.05) is 24.3 Å². The molecule has 1 aliphatic rings. The van der Waals surface area contributed by atoms with E-state index in [9.17, 15) is 18.5 Å². The van der Waals surface area contributed by atoms with Crippen molar-refractivity contribution in [3.63, 3.8) is 0 Å². The molecule has 34 heavy (non-hydrogen) atoms. The minimum atomic E-state index is -3.89. The largest absolute Gasteiger partial charge is 0.477 e. The van der Waals surface area contributed by atoms with E-state index in [1.54, 1.807) is 0 Å². The van der Waals surface area contributed by atoms with Crippen LogP contribution in [0, 0.1) is 10.1 Å². The van der Waals surface area contributed by atoms with Crippen LogP contribution in [0.15, 0.2) is 51.9 Å². The Hall–Kier alpha value is -3.35. The van der Waals surface area contributed by atoms with E-state index in [2.05, 4.69) is 24.0 Å². The third-order valence-electron chi connectivity index (χ3n) is 5.39. The molecule has 180 valence electrons. The summed E-state index contributed by atoms with van der Waals surface area (Å²) in [6.07, 6.45) is 0. The van der Waals surface area contributed by atoms with Gasteiger partial charge in [0.2, 0.25) is 15.8 Å². The molecule has 1 fully saturated rings. The molecule has 0 atom stereocenters. The van der Waals surface area contributed by atoms with Crippen LogP contribution in [0.4, 0.5) is 5.69 Å². The van der Waals surface area contributed by atoms with Gasteiger partial charge in [0, 0.05) is 24.7 Å². The molecule has 0 unspecified atom stereocenters. The van der Waals surface area contributed by atoms with Gasteiger partial charge in [-0.2, -0.15) is 9.29 Å². The molecule has 2 heterocycles. The number of nitro groups is 1. The molecule has 0 radical (unpaired) electrons. The average Bonchev–Trinajstić information content (AvgIpc) is 3.32. The fourth-order valence-electron chi connectivity index (χ4n) is 3.45. The normalized spacial score (nSPS) is 14.9. The van der Waals surface area contributed by atoms with Crippen LogP contribution in [0.2, 0.25) is 0 Å². The number of nitro benzene ring substituents is 1. The van der Waals surface area contributed by atoms with E-state index in [4.69, 9.17) is 14.0 Å². The predicted octanol–water partition coefficient (Wildman–Crippen LogP) is 3.37. The molecule has 11 nitrogen and oxygen atoms in total. The summed E-state index contributed by atoms with van der Waals surface area (Å²) in [5, 5.41) is 15.5. The van der Waals surface area contributed by atoms with Crippen LogP contribution in [0.25, 0.3) is 11.4 Å². The highest BCUT2D eigenvalue weighted by Gasteiger charge is 2.29. The first kappa shape index (κ1) is 23.8. The zero-order valence-corrected chi connectivity index (χ0v) is 19.5. The van der Waals surface area contributed by atoms with Gasteiger partial charge in [0.25, 0.3) is 5.89 Å². The number of morpholine rings is 1. The lowest BCUT2D eigenvalue weighted by molar-refractivity contribution is -0.386. The first-order valence-corrected chi connectivity index (χ1v) is 12.1. The zero-order chi connectivity index (χ0) is 24.3. The van der Waals surface area contributed by atoms with Crippen molar-refractivity contribution in [1.29, 1.82) is 0 Å². The summed E-state index contributed by atoms with van der Waals surface area (Å²) in [6, 6.07) is 11.3. The lowest BCUT2D eigenvalue weighted by atomic mass is 10.0. The van der Waals surface area contributed by atoms with Crippen LogP contribution >= 0.6 is 0 Å². The maximum Gasteiger partial charge on any atom is 0.312 e. The maximum atomic E-state index is 12.8. The first-order valence-electron chi connectivity index (χ1n) is 10.7. The summed E-state index contributed by atoms with van der Waals surface area (Å²) < 4.78 is 42.8. The summed E-state index contributed by atoms with van der Waals surface area (Å²) in [7, 11) is -3.89. The Balaban J connectivity index is 1.49. The third kappa shape index (κ3) is 5.08.